The number of carbonyl (C=O) groups is 3. The van der Waals surface area contributed by atoms with E-state index in [9.17, 15) is 32.7 Å². The molecule has 13 heteroatoms. The fourth-order valence-corrected chi connectivity index (χ4v) is 7.24. The SMILES string of the molecule is CC(C)(C)OC(=O)N1CCN(C[C@@H](O)C[C@@H](Cc2ccccc2)C(=O)N2[C@H]3c4ccccc4C[C@H]3OC2(C)C)[C@H](C(=O)NCC(F)(F)F)C1. The Kier molecular flexibility index (Phi) is 10.7. The predicted octanol–water partition coefficient (Wildman–Crippen LogP) is 4.46. The molecule has 49 heavy (non-hydrogen) atoms. The number of amides is 3. The summed E-state index contributed by atoms with van der Waals surface area (Å²) in [6, 6.07) is 16.0. The van der Waals surface area contributed by atoms with E-state index in [1.54, 1.807) is 30.6 Å². The van der Waals surface area contributed by atoms with E-state index in [-0.39, 0.29) is 50.7 Å². The zero-order valence-electron chi connectivity index (χ0n) is 28.7. The zero-order chi connectivity index (χ0) is 35.7. The van der Waals surface area contributed by atoms with Crippen LogP contribution >= 0.6 is 0 Å². The highest BCUT2D eigenvalue weighted by Crippen LogP contribution is 2.49. The van der Waals surface area contributed by atoms with Crippen LogP contribution in [0.25, 0.3) is 0 Å². The van der Waals surface area contributed by atoms with Gasteiger partial charge in [-0.25, -0.2) is 4.79 Å². The Morgan fingerprint density at radius 1 is 1.04 bits per heavy atom. The molecule has 3 amide bonds. The highest BCUT2D eigenvalue weighted by Gasteiger charge is 2.54. The van der Waals surface area contributed by atoms with Gasteiger partial charge in [0, 0.05) is 38.5 Å². The number of aliphatic hydroxyl groups excluding tert-OH is 1. The normalized spacial score (nSPS) is 23.4. The average Bonchev–Trinajstić information content (AvgIpc) is 3.48. The third-order valence-electron chi connectivity index (χ3n) is 9.27. The predicted molar refractivity (Wildman–Crippen MR) is 175 cm³/mol. The molecule has 5 rings (SSSR count). The van der Waals surface area contributed by atoms with Gasteiger partial charge in [-0.1, -0.05) is 54.6 Å². The fraction of sp³-hybridized carbons (Fsp3) is 0.583. The van der Waals surface area contributed by atoms with Gasteiger partial charge in [0.05, 0.1) is 18.2 Å². The second-order valence-electron chi connectivity index (χ2n) is 14.7. The van der Waals surface area contributed by atoms with E-state index in [1.165, 1.54) is 4.90 Å². The Labute approximate surface area is 285 Å². The van der Waals surface area contributed by atoms with E-state index in [2.05, 4.69) is 0 Å². The Balaban J connectivity index is 1.36. The molecule has 2 aromatic rings. The molecule has 0 saturated carbocycles. The first-order valence-electron chi connectivity index (χ1n) is 16.8. The lowest BCUT2D eigenvalue weighted by Crippen LogP contribution is -2.62. The van der Waals surface area contributed by atoms with Crippen molar-refractivity contribution >= 4 is 17.9 Å². The molecule has 2 aliphatic heterocycles. The number of β-amino-alcohol motifs (C(OH)–C–C–N with tert-alkyl or cyclic N) is 1. The second-order valence-corrected chi connectivity index (χ2v) is 14.7. The summed E-state index contributed by atoms with van der Waals surface area (Å²) in [5, 5.41) is 13.5. The lowest BCUT2D eigenvalue weighted by molar-refractivity contribution is -0.153. The summed E-state index contributed by atoms with van der Waals surface area (Å²) in [5.74, 6) is -1.77. The summed E-state index contributed by atoms with van der Waals surface area (Å²) >= 11 is 0. The summed E-state index contributed by atoms with van der Waals surface area (Å²) in [6.45, 7) is 7.21. The molecule has 5 atom stereocenters. The Morgan fingerprint density at radius 3 is 2.39 bits per heavy atom. The first-order chi connectivity index (χ1) is 22.9. The third kappa shape index (κ3) is 8.92. The van der Waals surface area contributed by atoms with Gasteiger partial charge in [-0.2, -0.15) is 13.2 Å². The number of hydrogen-bond donors (Lipinski definition) is 2. The van der Waals surface area contributed by atoms with E-state index in [4.69, 9.17) is 9.47 Å². The molecule has 1 aliphatic carbocycles. The maximum Gasteiger partial charge on any atom is 0.410 e. The van der Waals surface area contributed by atoms with Crippen molar-refractivity contribution in [2.75, 3.05) is 32.7 Å². The minimum Gasteiger partial charge on any atom is -0.444 e. The number of rotatable bonds is 9. The van der Waals surface area contributed by atoms with Gasteiger partial charge in [0.2, 0.25) is 11.8 Å². The number of fused-ring (bicyclic) bond motifs is 3. The summed E-state index contributed by atoms with van der Waals surface area (Å²) in [7, 11) is 0. The van der Waals surface area contributed by atoms with Crippen LogP contribution in [-0.2, 0) is 31.9 Å². The fourth-order valence-electron chi connectivity index (χ4n) is 7.24. The Bertz CT molecular complexity index is 1500. The molecule has 2 heterocycles. The quantitative estimate of drug-likeness (QED) is 0.401. The van der Waals surface area contributed by atoms with Crippen molar-refractivity contribution in [2.45, 2.75) is 95.7 Å². The standard InChI is InChI=1S/C36H47F3N4O6/c1-34(2,3)49-33(47)42-16-15-41(28(21-42)31(45)40-22-36(37,38)39)20-26(44)18-25(17-23-11-7-6-8-12-23)32(46)43-30-27-14-10-9-13-24(27)19-29(30)48-35(43,4)5/h6-14,25-26,28-30,44H,15-22H2,1-5H3,(H,40,45)/t25-,26+,28+,29-,30+/m1/s1. The second kappa shape index (κ2) is 14.3. The molecule has 10 nitrogen and oxygen atoms in total. The van der Waals surface area contributed by atoms with Crippen molar-refractivity contribution in [2.24, 2.45) is 5.92 Å². The number of ether oxygens (including phenoxy) is 2. The molecule has 0 aromatic heterocycles. The maximum atomic E-state index is 14.6. The minimum absolute atomic E-state index is 0.0303. The van der Waals surface area contributed by atoms with Gasteiger partial charge < -0.3 is 29.7 Å². The van der Waals surface area contributed by atoms with Crippen LogP contribution in [-0.4, -0.2) is 106 Å². The first kappa shape index (κ1) is 36.6. The van der Waals surface area contributed by atoms with Gasteiger partial charge >= 0.3 is 12.3 Å². The molecule has 0 bridgehead atoms. The van der Waals surface area contributed by atoms with Crippen molar-refractivity contribution in [3.05, 3.63) is 71.3 Å². The van der Waals surface area contributed by atoms with E-state index in [1.807, 2.05) is 73.8 Å². The first-order valence-corrected chi connectivity index (χ1v) is 16.8. The maximum absolute atomic E-state index is 14.6. The summed E-state index contributed by atoms with van der Waals surface area (Å²) in [4.78, 5) is 45.2. The van der Waals surface area contributed by atoms with Gasteiger partial charge in [0.1, 0.15) is 23.9 Å². The molecule has 2 saturated heterocycles. The summed E-state index contributed by atoms with van der Waals surface area (Å²) in [5.41, 5.74) is 1.37. The van der Waals surface area contributed by atoms with Gasteiger partial charge in [0.25, 0.3) is 0 Å². The number of hydrogen-bond acceptors (Lipinski definition) is 7. The van der Waals surface area contributed by atoms with Gasteiger partial charge in [0.15, 0.2) is 0 Å². The highest BCUT2D eigenvalue weighted by molar-refractivity contribution is 5.83. The van der Waals surface area contributed by atoms with Crippen LogP contribution in [0.3, 0.4) is 0 Å². The van der Waals surface area contributed by atoms with Gasteiger partial charge in [-0.15, -0.1) is 0 Å². The molecule has 2 fully saturated rings. The van der Waals surface area contributed by atoms with Crippen LogP contribution in [0, 0.1) is 5.92 Å². The number of nitrogens with one attached hydrogen (secondary N) is 1. The summed E-state index contributed by atoms with van der Waals surface area (Å²) in [6.07, 6.45) is -5.58. The largest absolute Gasteiger partial charge is 0.444 e. The van der Waals surface area contributed by atoms with Crippen molar-refractivity contribution < 1.29 is 42.1 Å². The molecule has 0 unspecified atom stereocenters. The molecule has 268 valence electrons. The molecule has 0 radical (unpaired) electrons. The molecule has 2 N–H and O–H groups in total. The number of halogens is 3. The molecular formula is C36H47F3N4O6. The number of nitrogens with zero attached hydrogens (tertiary/aromatic N) is 3. The Morgan fingerprint density at radius 2 is 1.71 bits per heavy atom. The Hall–Kier alpha value is -3.68. The van der Waals surface area contributed by atoms with E-state index in [0.717, 1.165) is 16.7 Å². The van der Waals surface area contributed by atoms with Crippen LogP contribution < -0.4 is 5.32 Å². The van der Waals surface area contributed by atoms with Crippen molar-refractivity contribution in [1.29, 1.82) is 0 Å². The van der Waals surface area contributed by atoms with E-state index in [0.29, 0.717) is 12.8 Å². The van der Waals surface area contributed by atoms with Crippen LogP contribution in [0.2, 0.25) is 0 Å². The van der Waals surface area contributed by atoms with Gasteiger partial charge in [-0.05, 0) is 64.2 Å². The molecular weight excluding hydrogens is 641 g/mol. The third-order valence-corrected chi connectivity index (χ3v) is 9.27. The minimum atomic E-state index is -4.63. The molecule has 0 spiro atoms. The zero-order valence-corrected chi connectivity index (χ0v) is 28.7. The number of carbonyl (C=O) groups excluding carboxylic acids is 3. The monoisotopic (exact) mass is 688 g/mol. The lowest BCUT2D eigenvalue weighted by atomic mass is 9.90. The van der Waals surface area contributed by atoms with Crippen LogP contribution in [0.1, 0.15) is 63.8 Å². The van der Waals surface area contributed by atoms with Gasteiger partial charge in [-0.3, -0.25) is 14.5 Å². The van der Waals surface area contributed by atoms with Crippen LogP contribution in [0.4, 0.5) is 18.0 Å². The van der Waals surface area contributed by atoms with E-state index < -0.39 is 54.1 Å². The molecule has 2 aromatic carbocycles. The lowest BCUT2D eigenvalue weighted by Gasteiger charge is -2.42. The average molecular weight is 689 g/mol. The van der Waals surface area contributed by atoms with E-state index >= 15 is 0 Å². The number of benzene rings is 2. The number of piperazine rings is 1. The van der Waals surface area contributed by atoms with Crippen LogP contribution in [0.15, 0.2) is 54.6 Å². The van der Waals surface area contributed by atoms with Crippen molar-refractivity contribution in [3.63, 3.8) is 0 Å². The number of alkyl halides is 3. The molecule has 3 aliphatic rings. The number of aliphatic hydroxyl groups is 1. The topological polar surface area (TPSA) is 112 Å². The smallest absolute Gasteiger partial charge is 0.410 e. The van der Waals surface area contributed by atoms with Crippen molar-refractivity contribution in [1.82, 2.24) is 20.0 Å². The van der Waals surface area contributed by atoms with Crippen molar-refractivity contribution in [3.8, 4) is 0 Å². The van der Waals surface area contributed by atoms with Crippen LogP contribution in [0.5, 0.6) is 0 Å². The summed E-state index contributed by atoms with van der Waals surface area (Å²) < 4.78 is 51.0. The highest BCUT2D eigenvalue weighted by atomic mass is 19.4.